The number of halogens is 2. The van der Waals surface area contributed by atoms with E-state index in [9.17, 15) is 0 Å². The minimum absolute atomic E-state index is 0.605. The smallest absolute Gasteiger partial charge is 0.183 e. The summed E-state index contributed by atoms with van der Waals surface area (Å²) in [5.41, 5.74) is 2.16. The van der Waals surface area contributed by atoms with Crippen LogP contribution in [0.3, 0.4) is 0 Å². The van der Waals surface area contributed by atoms with Crippen LogP contribution in [0.1, 0.15) is 6.42 Å². The highest BCUT2D eigenvalue weighted by atomic mass is 35.5. The third-order valence-electron chi connectivity index (χ3n) is 5.16. The Morgan fingerprint density at radius 2 is 1.90 bits per heavy atom. The fourth-order valence-corrected chi connectivity index (χ4v) is 4.73. The first-order chi connectivity index (χ1) is 14.1. The van der Waals surface area contributed by atoms with E-state index < -0.39 is 0 Å². The highest BCUT2D eigenvalue weighted by Crippen LogP contribution is 2.29. The molecule has 3 aromatic rings. The minimum Gasteiger partial charge on any atom is -0.497 e. The standard InChI is InChI=1S/C21H24Cl2N4OS/c1-28-16-4-6-19-20(14-16)29-21(25-19)24-7-2-8-26-9-11-27(12-10-26)15-3-5-17(22)18(23)13-15/h3-6,13-14H,2,7-12H2,1H3,(H,24,25). The molecule has 154 valence electrons. The minimum atomic E-state index is 0.605. The molecular formula is C21H24Cl2N4OS. The molecule has 8 heteroatoms. The molecule has 2 aromatic carbocycles. The Balaban J connectivity index is 1.20. The van der Waals surface area contributed by atoms with Gasteiger partial charge in [0.1, 0.15) is 5.75 Å². The molecule has 0 saturated carbocycles. The van der Waals surface area contributed by atoms with E-state index in [0.29, 0.717) is 10.0 Å². The van der Waals surface area contributed by atoms with Crippen molar-refractivity contribution in [3.63, 3.8) is 0 Å². The van der Waals surface area contributed by atoms with Crippen LogP contribution in [0.2, 0.25) is 10.0 Å². The molecule has 4 rings (SSSR count). The molecule has 1 aromatic heterocycles. The Hall–Kier alpha value is -1.73. The number of thiazole rings is 1. The first-order valence-electron chi connectivity index (χ1n) is 9.73. The first kappa shape index (κ1) is 20.5. The van der Waals surface area contributed by atoms with E-state index in [1.54, 1.807) is 18.4 Å². The molecule has 0 bridgehead atoms. The molecular weight excluding hydrogens is 427 g/mol. The molecule has 1 aliphatic heterocycles. The maximum absolute atomic E-state index is 6.15. The Morgan fingerprint density at radius 1 is 1.07 bits per heavy atom. The molecule has 29 heavy (non-hydrogen) atoms. The van der Waals surface area contributed by atoms with Crippen LogP contribution >= 0.6 is 34.5 Å². The monoisotopic (exact) mass is 450 g/mol. The average Bonchev–Trinajstić information content (AvgIpc) is 3.15. The summed E-state index contributed by atoms with van der Waals surface area (Å²) in [6, 6.07) is 11.9. The second-order valence-electron chi connectivity index (χ2n) is 7.06. The Labute approximate surface area is 185 Å². The fraction of sp³-hybridized carbons (Fsp3) is 0.381. The topological polar surface area (TPSA) is 40.6 Å². The molecule has 1 N–H and O–H groups in total. The van der Waals surface area contributed by atoms with Crippen molar-refractivity contribution in [2.45, 2.75) is 6.42 Å². The van der Waals surface area contributed by atoms with E-state index in [1.807, 2.05) is 36.4 Å². The van der Waals surface area contributed by atoms with Crippen molar-refractivity contribution >= 4 is 55.6 Å². The van der Waals surface area contributed by atoms with Gasteiger partial charge in [0, 0.05) is 38.4 Å². The van der Waals surface area contributed by atoms with Crippen molar-refractivity contribution in [3.05, 3.63) is 46.4 Å². The van der Waals surface area contributed by atoms with Gasteiger partial charge in [-0.2, -0.15) is 0 Å². The normalized spacial score (nSPS) is 15.1. The van der Waals surface area contributed by atoms with E-state index in [-0.39, 0.29) is 0 Å². The summed E-state index contributed by atoms with van der Waals surface area (Å²) >= 11 is 13.8. The molecule has 0 atom stereocenters. The van der Waals surface area contributed by atoms with Crippen LogP contribution in [0.5, 0.6) is 5.75 Å². The number of fused-ring (bicyclic) bond motifs is 1. The highest BCUT2D eigenvalue weighted by molar-refractivity contribution is 7.22. The number of hydrogen-bond donors (Lipinski definition) is 1. The van der Waals surface area contributed by atoms with Gasteiger partial charge in [0.15, 0.2) is 5.13 Å². The lowest BCUT2D eigenvalue weighted by Gasteiger charge is -2.36. The maximum atomic E-state index is 6.15. The van der Waals surface area contributed by atoms with Crippen LogP contribution in [0.15, 0.2) is 36.4 Å². The van der Waals surface area contributed by atoms with Crippen LogP contribution in [0.4, 0.5) is 10.8 Å². The molecule has 1 aliphatic rings. The molecule has 5 nitrogen and oxygen atoms in total. The Kier molecular flexibility index (Phi) is 6.65. The summed E-state index contributed by atoms with van der Waals surface area (Å²) in [5, 5.41) is 5.65. The summed E-state index contributed by atoms with van der Waals surface area (Å²) in [5.74, 6) is 0.868. The van der Waals surface area contributed by atoms with Gasteiger partial charge in [-0.25, -0.2) is 4.98 Å². The number of methoxy groups -OCH3 is 1. The zero-order chi connectivity index (χ0) is 20.2. The van der Waals surface area contributed by atoms with E-state index in [2.05, 4.69) is 20.1 Å². The largest absolute Gasteiger partial charge is 0.497 e. The summed E-state index contributed by atoms with van der Waals surface area (Å²) in [7, 11) is 1.69. The number of hydrogen-bond acceptors (Lipinski definition) is 6. The lowest BCUT2D eigenvalue weighted by atomic mass is 10.2. The van der Waals surface area contributed by atoms with Crippen molar-refractivity contribution < 1.29 is 4.74 Å². The lowest BCUT2D eigenvalue weighted by Crippen LogP contribution is -2.46. The van der Waals surface area contributed by atoms with Crippen LogP contribution in [0.25, 0.3) is 10.2 Å². The number of rotatable bonds is 7. The van der Waals surface area contributed by atoms with E-state index in [1.165, 1.54) is 0 Å². The molecule has 0 aliphatic carbocycles. The predicted molar refractivity (Wildman–Crippen MR) is 124 cm³/mol. The number of benzene rings is 2. The molecule has 0 spiro atoms. The zero-order valence-electron chi connectivity index (χ0n) is 16.3. The maximum Gasteiger partial charge on any atom is 0.183 e. The molecule has 0 amide bonds. The Morgan fingerprint density at radius 3 is 2.66 bits per heavy atom. The van der Waals surface area contributed by atoms with E-state index >= 15 is 0 Å². The summed E-state index contributed by atoms with van der Waals surface area (Å²) in [6.07, 6.45) is 1.09. The van der Waals surface area contributed by atoms with Gasteiger partial charge < -0.3 is 15.0 Å². The van der Waals surface area contributed by atoms with Gasteiger partial charge in [0.25, 0.3) is 0 Å². The number of nitrogens with zero attached hydrogens (tertiary/aromatic N) is 3. The van der Waals surface area contributed by atoms with Crippen LogP contribution < -0.4 is 15.0 Å². The van der Waals surface area contributed by atoms with Crippen LogP contribution in [0, 0.1) is 0 Å². The van der Waals surface area contributed by atoms with Gasteiger partial charge in [-0.05, 0) is 49.4 Å². The lowest BCUT2D eigenvalue weighted by molar-refractivity contribution is 0.257. The third kappa shape index (κ3) is 5.07. The van der Waals surface area contributed by atoms with Crippen molar-refractivity contribution in [2.24, 2.45) is 0 Å². The van der Waals surface area contributed by atoms with E-state index in [4.69, 9.17) is 27.9 Å². The van der Waals surface area contributed by atoms with Crippen molar-refractivity contribution in [1.29, 1.82) is 0 Å². The highest BCUT2D eigenvalue weighted by Gasteiger charge is 2.17. The molecule has 1 fully saturated rings. The van der Waals surface area contributed by atoms with E-state index in [0.717, 1.165) is 72.5 Å². The van der Waals surface area contributed by atoms with Gasteiger partial charge in [-0.15, -0.1) is 0 Å². The van der Waals surface area contributed by atoms with Crippen LogP contribution in [-0.4, -0.2) is 56.3 Å². The summed E-state index contributed by atoms with van der Waals surface area (Å²) in [4.78, 5) is 9.52. The molecule has 2 heterocycles. The number of nitrogens with one attached hydrogen (secondary N) is 1. The quantitative estimate of drug-likeness (QED) is 0.498. The van der Waals surface area contributed by atoms with Gasteiger partial charge in [0.05, 0.1) is 27.4 Å². The SMILES string of the molecule is COc1ccc2nc(NCCCN3CCN(c4ccc(Cl)c(Cl)c4)CC3)sc2c1. The number of piperazine rings is 1. The summed E-state index contributed by atoms with van der Waals surface area (Å²) in [6.45, 7) is 6.13. The average molecular weight is 451 g/mol. The van der Waals surface area contributed by atoms with Crippen LogP contribution in [-0.2, 0) is 0 Å². The molecule has 0 radical (unpaired) electrons. The second kappa shape index (κ2) is 9.39. The number of aromatic nitrogens is 1. The summed E-state index contributed by atoms with van der Waals surface area (Å²) < 4.78 is 6.42. The Bertz CT molecular complexity index is 972. The molecule has 1 saturated heterocycles. The number of ether oxygens (including phenoxy) is 1. The second-order valence-corrected chi connectivity index (χ2v) is 8.91. The van der Waals surface area contributed by atoms with Gasteiger partial charge >= 0.3 is 0 Å². The van der Waals surface area contributed by atoms with Gasteiger partial charge in [0.2, 0.25) is 0 Å². The first-order valence-corrected chi connectivity index (χ1v) is 11.3. The van der Waals surface area contributed by atoms with Gasteiger partial charge in [-0.3, -0.25) is 4.90 Å². The van der Waals surface area contributed by atoms with Crippen molar-refractivity contribution in [1.82, 2.24) is 9.88 Å². The fourth-order valence-electron chi connectivity index (χ4n) is 3.52. The van der Waals surface area contributed by atoms with Crippen molar-refractivity contribution in [3.8, 4) is 5.75 Å². The van der Waals surface area contributed by atoms with Gasteiger partial charge in [-0.1, -0.05) is 34.5 Å². The number of anilines is 2. The third-order valence-corrected chi connectivity index (χ3v) is 6.88. The predicted octanol–water partition coefficient (Wildman–Crippen LogP) is 5.24. The molecule has 0 unspecified atom stereocenters. The zero-order valence-corrected chi connectivity index (χ0v) is 18.7. The van der Waals surface area contributed by atoms with Crippen molar-refractivity contribution in [2.75, 3.05) is 56.6 Å².